The van der Waals surface area contributed by atoms with E-state index in [1.807, 2.05) is 26.8 Å². The lowest BCUT2D eigenvalue weighted by molar-refractivity contribution is -0.161. The van der Waals surface area contributed by atoms with Gasteiger partial charge in [0, 0.05) is 12.1 Å². The highest BCUT2D eigenvalue weighted by molar-refractivity contribution is 6.04. The predicted octanol–water partition coefficient (Wildman–Crippen LogP) is 0.900. The number of carboxylic acid groups (broad SMARTS) is 1. The molecule has 1 aromatic carbocycles. The summed E-state index contributed by atoms with van der Waals surface area (Å²) in [5.74, 6) is -2.38. The molecule has 1 aromatic rings. The van der Waals surface area contributed by atoms with Crippen molar-refractivity contribution in [2.75, 3.05) is 6.54 Å². The fourth-order valence-corrected chi connectivity index (χ4v) is 1.49. The van der Waals surface area contributed by atoms with Crippen LogP contribution in [0.15, 0.2) is 30.3 Å². The Hall–Kier alpha value is -1.92. The molecule has 0 saturated heterocycles. The molecule has 6 heteroatoms. The summed E-state index contributed by atoms with van der Waals surface area (Å²) < 4.78 is 5.03. The van der Waals surface area contributed by atoms with Crippen molar-refractivity contribution in [2.45, 2.75) is 38.5 Å². The number of nitrogens with one attached hydrogen (secondary N) is 1. The van der Waals surface area contributed by atoms with Crippen LogP contribution in [0.5, 0.6) is 0 Å². The molecule has 1 rings (SSSR count). The SMILES string of the molecule is CC(C)(C)NCC(N)(C(=O)O)C(=O)OCc1ccccc1. The topological polar surface area (TPSA) is 102 Å². The number of carbonyl (C=O) groups excluding carboxylic acids is 1. The second-order valence-corrected chi connectivity index (χ2v) is 5.94. The number of hydrogen-bond acceptors (Lipinski definition) is 5. The van der Waals surface area contributed by atoms with Crippen LogP contribution in [0.1, 0.15) is 26.3 Å². The molecular formula is C15H22N2O4. The van der Waals surface area contributed by atoms with Crippen molar-refractivity contribution in [2.24, 2.45) is 5.73 Å². The molecule has 0 amide bonds. The van der Waals surface area contributed by atoms with E-state index in [1.165, 1.54) is 0 Å². The summed E-state index contributed by atoms with van der Waals surface area (Å²) in [7, 11) is 0. The summed E-state index contributed by atoms with van der Waals surface area (Å²) in [4.78, 5) is 23.4. The van der Waals surface area contributed by atoms with Crippen LogP contribution in [-0.2, 0) is 20.9 Å². The maximum absolute atomic E-state index is 12.0. The molecule has 0 aromatic heterocycles. The first-order valence-corrected chi connectivity index (χ1v) is 6.63. The zero-order chi connectivity index (χ0) is 16.1. The largest absolute Gasteiger partial charge is 0.479 e. The van der Waals surface area contributed by atoms with E-state index in [0.29, 0.717) is 0 Å². The first-order valence-electron chi connectivity index (χ1n) is 6.63. The Bertz CT molecular complexity index is 496. The van der Waals surface area contributed by atoms with E-state index < -0.39 is 17.5 Å². The Morgan fingerprint density at radius 2 is 1.81 bits per heavy atom. The van der Waals surface area contributed by atoms with Gasteiger partial charge in [0.1, 0.15) is 6.61 Å². The minimum atomic E-state index is -2.11. The Labute approximate surface area is 124 Å². The van der Waals surface area contributed by atoms with Crippen LogP contribution < -0.4 is 11.1 Å². The summed E-state index contributed by atoms with van der Waals surface area (Å²) in [6, 6.07) is 9.00. The molecule has 116 valence electrons. The zero-order valence-electron chi connectivity index (χ0n) is 12.6. The molecule has 0 heterocycles. The lowest BCUT2D eigenvalue weighted by Crippen LogP contribution is -2.63. The minimum Gasteiger partial charge on any atom is -0.479 e. The number of esters is 1. The van der Waals surface area contributed by atoms with Crippen molar-refractivity contribution in [1.29, 1.82) is 0 Å². The number of rotatable bonds is 6. The molecule has 0 aliphatic carbocycles. The molecule has 0 fully saturated rings. The maximum Gasteiger partial charge on any atom is 0.339 e. The molecule has 0 bridgehead atoms. The fourth-order valence-electron chi connectivity index (χ4n) is 1.49. The average molecular weight is 294 g/mol. The van der Waals surface area contributed by atoms with Crippen LogP contribution in [0.3, 0.4) is 0 Å². The highest BCUT2D eigenvalue weighted by atomic mass is 16.5. The average Bonchev–Trinajstić information content (AvgIpc) is 2.42. The number of nitrogens with two attached hydrogens (primary N) is 1. The van der Waals surface area contributed by atoms with Gasteiger partial charge in [-0.25, -0.2) is 9.59 Å². The van der Waals surface area contributed by atoms with Gasteiger partial charge in [0.25, 0.3) is 0 Å². The summed E-state index contributed by atoms with van der Waals surface area (Å²) in [5, 5.41) is 12.1. The minimum absolute atomic E-state index is 0.0125. The summed E-state index contributed by atoms with van der Waals surface area (Å²) in [6.07, 6.45) is 0. The standard InChI is InChI=1S/C15H22N2O4/c1-14(2,3)17-10-15(16,12(18)19)13(20)21-9-11-7-5-4-6-8-11/h4-8,17H,9-10,16H2,1-3H3,(H,18,19). The molecule has 0 aliphatic heterocycles. The Balaban J connectivity index is 2.71. The van der Waals surface area contributed by atoms with Crippen molar-refractivity contribution in [1.82, 2.24) is 5.32 Å². The number of carbonyl (C=O) groups is 2. The quantitative estimate of drug-likeness (QED) is 0.532. The van der Waals surface area contributed by atoms with Crippen LogP contribution in [-0.4, -0.2) is 34.7 Å². The van der Waals surface area contributed by atoms with E-state index in [9.17, 15) is 14.7 Å². The van der Waals surface area contributed by atoms with Crippen LogP contribution >= 0.6 is 0 Å². The molecule has 0 saturated carbocycles. The first-order chi connectivity index (χ1) is 9.65. The van der Waals surface area contributed by atoms with Gasteiger partial charge < -0.3 is 20.9 Å². The van der Waals surface area contributed by atoms with Gasteiger partial charge in [-0.05, 0) is 26.3 Å². The predicted molar refractivity (Wildman–Crippen MR) is 78.5 cm³/mol. The monoisotopic (exact) mass is 294 g/mol. The van der Waals surface area contributed by atoms with Crippen molar-refractivity contribution in [3.63, 3.8) is 0 Å². The fraction of sp³-hybridized carbons (Fsp3) is 0.467. The van der Waals surface area contributed by atoms with Gasteiger partial charge in [0.05, 0.1) is 0 Å². The van der Waals surface area contributed by atoms with E-state index in [4.69, 9.17) is 10.5 Å². The van der Waals surface area contributed by atoms with Crippen molar-refractivity contribution in [3.8, 4) is 0 Å². The van der Waals surface area contributed by atoms with E-state index in [2.05, 4.69) is 5.32 Å². The third-order valence-electron chi connectivity index (χ3n) is 2.86. The summed E-state index contributed by atoms with van der Waals surface area (Å²) >= 11 is 0. The molecule has 1 unspecified atom stereocenters. The number of ether oxygens (including phenoxy) is 1. The van der Waals surface area contributed by atoms with Crippen LogP contribution in [0, 0.1) is 0 Å². The molecule has 4 N–H and O–H groups in total. The lowest BCUT2D eigenvalue weighted by Gasteiger charge is -2.28. The van der Waals surface area contributed by atoms with E-state index in [-0.39, 0.29) is 18.7 Å². The van der Waals surface area contributed by atoms with Gasteiger partial charge in [-0.15, -0.1) is 0 Å². The van der Waals surface area contributed by atoms with E-state index in [0.717, 1.165) is 5.56 Å². The third-order valence-corrected chi connectivity index (χ3v) is 2.86. The molecule has 0 spiro atoms. The first kappa shape index (κ1) is 17.1. The summed E-state index contributed by atoms with van der Waals surface area (Å²) in [5.41, 5.74) is 4.01. The normalized spacial score (nSPS) is 14.3. The zero-order valence-corrected chi connectivity index (χ0v) is 12.6. The molecule has 21 heavy (non-hydrogen) atoms. The molecular weight excluding hydrogens is 272 g/mol. The van der Waals surface area contributed by atoms with Gasteiger partial charge in [-0.3, -0.25) is 0 Å². The van der Waals surface area contributed by atoms with Gasteiger partial charge in [0.15, 0.2) is 0 Å². The second kappa shape index (κ2) is 6.69. The second-order valence-electron chi connectivity index (χ2n) is 5.94. The highest BCUT2D eigenvalue weighted by Gasteiger charge is 2.44. The molecule has 0 radical (unpaired) electrons. The number of hydrogen-bond donors (Lipinski definition) is 3. The Kier molecular flexibility index (Phi) is 5.46. The van der Waals surface area contributed by atoms with E-state index in [1.54, 1.807) is 24.3 Å². The van der Waals surface area contributed by atoms with Gasteiger partial charge in [0.2, 0.25) is 5.54 Å². The Morgan fingerprint density at radius 1 is 1.24 bits per heavy atom. The van der Waals surface area contributed by atoms with Crippen molar-refractivity contribution in [3.05, 3.63) is 35.9 Å². The molecule has 0 aliphatic rings. The van der Waals surface area contributed by atoms with Crippen molar-refractivity contribution >= 4 is 11.9 Å². The van der Waals surface area contributed by atoms with Gasteiger partial charge in [-0.1, -0.05) is 30.3 Å². The Morgan fingerprint density at radius 3 is 2.29 bits per heavy atom. The summed E-state index contributed by atoms with van der Waals surface area (Å²) in [6.45, 7) is 5.33. The molecule has 6 nitrogen and oxygen atoms in total. The van der Waals surface area contributed by atoms with E-state index >= 15 is 0 Å². The maximum atomic E-state index is 12.0. The number of benzene rings is 1. The van der Waals surface area contributed by atoms with Crippen LogP contribution in [0.2, 0.25) is 0 Å². The van der Waals surface area contributed by atoms with Crippen molar-refractivity contribution < 1.29 is 19.4 Å². The van der Waals surface area contributed by atoms with Crippen LogP contribution in [0.4, 0.5) is 0 Å². The smallest absolute Gasteiger partial charge is 0.339 e. The van der Waals surface area contributed by atoms with Gasteiger partial charge >= 0.3 is 11.9 Å². The third kappa shape index (κ3) is 5.17. The van der Waals surface area contributed by atoms with Gasteiger partial charge in [-0.2, -0.15) is 0 Å². The van der Waals surface area contributed by atoms with Crippen LogP contribution in [0.25, 0.3) is 0 Å². The molecule has 1 atom stereocenters. The number of aliphatic carboxylic acids is 1. The highest BCUT2D eigenvalue weighted by Crippen LogP contribution is 2.09. The number of carboxylic acids is 1. The lowest BCUT2D eigenvalue weighted by atomic mass is 9.99.